The molecule has 0 bridgehead atoms. The first-order valence-corrected chi connectivity index (χ1v) is 9.64. The molecule has 0 aliphatic rings. The summed E-state index contributed by atoms with van der Waals surface area (Å²) in [5.74, 6) is 0.846. The molecule has 9 heteroatoms. The molecule has 1 N–H and O–H groups in total. The largest absolute Gasteiger partial charge is 0.493 e. The topological polar surface area (TPSA) is 76.8 Å². The van der Waals surface area contributed by atoms with Crippen LogP contribution in [0.5, 0.6) is 11.5 Å². The lowest BCUT2D eigenvalue weighted by atomic mass is 10.1. The Bertz CT molecular complexity index is 1050. The summed E-state index contributed by atoms with van der Waals surface area (Å²) in [4.78, 5) is 18.2. The number of benzene rings is 1. The number of nitrogens with zero attached hydrogens (tertiary/aromatic N) is 2. The van der Waals surface area contributed by atoms with E-state index in [0.717, 1.165) is 13.0 Å². The Hall–Kier alpha value is -2.48. The van der Waals surface area contributed by atoms with Crippen LogP contribution >= 0.6 is 23.2 Å². The molecule has 0 unspecified atom stereocenters. The van der Waals surface area contributed by atoms with Gasteiger partial charge in [-0.15, -0.1) is 0 Å². The minimum absolute atomic E-state index is 0.283. The van der Waals surface area contributed by atoms with Crippen molar-refractivity contribution in [1.82, 2.24) is 9.88 Å². The first-order chi connectivity index (χ1) is 13.9. The van der Waals surface area contributed by atoms with Crippen LogP contribution in [-0.4, -0.2) is 44.2 Å². The van der Waals surface area contributed by atoms with Gasteiger partial charge in [0.1, 0.15) is 0 Å². The van der Waals surface area contributed by atoms with Crippen molar-refractivity contribution in [3.05, 3.63) is 51.1 Å². The molecule has 0 saturated carbocycles. The minimum Gasteiger partial charge on any atom is -0.493 e. The van der Waals surface area contributed by atoms with Gasteiger partial charge >= 0.3 is 5.63 Å². The smallest absolute Gasteiger partial charge is 0.338 e. The molecule has 0 radical (unpaired) electrons. The predicted octanol–water partition coefficient (Wildman–Crippen LogP) is 4.58. The molecule has 2 heterocycles. The Morgan fingerprint density at radius 1 is 1.21 bits per heavy atom. The third kappa shape index (κ3) is 4.93. The number of hydrogen-bond donors (Lipinski definition) is 1. The number of pyridine rings is 1. The predicted molar refractivity (Wildman–Crippen MR) is 115 cm³/mol. The quantitative estimate of drug-likeness (QED) is 0.408. The maximum atomic E-state index is 12.2. The van der Waals surface area contributed by atoms with Crippen molar-refractivity contribution in [3.8, 4) is 11.5 Å². The lowest BCUT2D eigenvalue weighted by molar-refractivity contribution is 0.267. The van der Waals surface area contributed by atoms with E-state index in [4.69, 9.17) is 37.1 Å². The average Bonchev–Trinajstić information content (AvgIpc) is 2.67. The molecular weight excluding hydrogens is 417 g/mol. The molecule has 0 fully saturated rings. The zero-order valence-corrected chi connectivity index (χ0v) is 17.8. The van der Waals surface area contributed by atoms with Crippen molar-refractivity contribution in [2.45, 2.75) is 6.42 Å². The summed E-state index contributed by atoms with van der Waals surface area (Å²) >= 11 is 12.4. The monoisotopic (exact) mass is 437 g/mol. The van der Waals surface area contributed by atoms with E-state index in [1.165, 1.54) is 25.6 Å². The summed E-state index contributed by atoms with van der Waals surface area (Å²) in [6, 6.07) is 4.86. The van der Waals surface area contributed by atoms with Gasteiger partial charge < -0.3 is 24.1 Å². The van der Waals surface area contributed by atoms with Gasteiger partial charge in [0.25, 0.3) is 0 Å². The first-order valence-electron chi connectivity index (χ1n) is 8.89. The molecule has 1 aromatic carbocycles. The molecule has 29 heavy (non-hydrogen) atoms. The Balaban J connectivity index is 2.04. The number of ether oxygens (including phenoxy) is 2. The summed E-state index contributed by atoms with van der Waals surface area (Å²) in [5, 5.41) is 4.38. The lowest BCUT2D eigenvalue weighted by Gasteiger charge is -2.16. The fourth-order valence-corrected chi connectivity index (χ4v) is 3.26. The second-order valence-corrected chi connectivity index (χ2v) is 7.38. The number of methoxy groups -OCH3 is 1. The SMILES string of the molecule is COc1ccc2c(Nc3c(Cl)cncc3Cl)cc(=O)oc2c1OCCCN(C)C. The highest BCUT2D eigenvalue weighted by atomic mass is 35.5. The molecule has 2 aromatic heterocycles. The zero-order valence-electron chi connectivity index (χ0n) is 16.3. The summed E-state index contributed by atoms with van der Waals surface area (Å²) in [5.41, 5.74) is 0.657. The first kappa shape index (κ1) is 21.2. The van der Waals surface area contributed by atoms with Gasteiger partial charge in [-0.2, -0.15) is 0 Å². The van der Waals surface area contributed by atoms with Crippen LogP contribution in [0.25, 0.3) is 11.0 Å². The van der Waals surface area contributed by atoms with Crippen molar-refractivity contribution in [2.24, 2.45) is 0 Å². The summed E-state index contributed by atoms with van der Waals surface area (Å²) in [6.45, 7) is 1.31. The summed E-state index contributed by atoms with van der Waals surface area (Å²) < 4.78 is 16.8. The molecule has 0 saturated heterocycles. The van der Waals surface area contributed by atoms with Crippen molar-refractivity contribution < 1.29 is 13.9 Å². The highest BCUT2D eigenvalue weighted by Gasteiger charge is 2.17. The van der Waals surface area contributed by atoms with Gasteiger partial charge in [-0.05, 0) is 32.6 Å². The van der Waals surface area contributed by atoms with Crippen LogP contribution in [0, 0.1) is 0 Å². The van der Waals surface area contributed by atoms with E-state index < -0.39 is 5.63 Å². The summed E-state index contributed by atoms with van der Waals surface area (Å²) in [6.07, 6.45) is 3.73. The highest BCUT2D eigenvalue weighted by Crippen LogP contribution is 2.40. The van der Waals surface area contributed by atoms with Gasteiger partial charge in [0, 0.05) is 30.4 Å². The van der Waals surface area contributed by atoms with Crippen LogP contribution in [0.4, 0.5) is 11.4 Å². The van der Waals surface area contributed by atoms with Gasteiger partial charge in [-0.1, -0.05) is 23.2 Å². The minimum atomic E-state index is -0.548. The third-order valence-electron chi connectivity index (χ3n) is 4.16. The molecule has 154 valence electrons. The van der Waals surface area contributed by atoms with Crippen LogP contribution in [0.15, 0.2) is 39.8 Å². The fraction of sp³-hybridized carbons (Fsp3) is 0.300. The number of nitrogens with one attached hydrogen (secondary N) is 1. The average molecular weight is 438 g/mol. The number of hydrogen-bond acceptors (Lipinski definition) is 7. The van der Waals surface area contributed by atoms with E-state index in [1.807, 2.05) is 14.1 Å². The molecule has 7 nitrogen and oxygen atoms in total. The molecule has 0 aliphatic heterocycles. The van der Waals surface area contributed by atoms with Crippen molar-refractivity contribution >= 4 is 45.5 Å². The number of anilines is 2. The maximum absolute atomic E-state index is 12.2. The number of rotatable bonds is 8. The normalized spacial score (nSPS) is 11.1. The van der Waals surface area contributed by atoms with E-state index in [2.05, 4.69) is 15.2 Å². The van der Waals surface area contributed by atoms with E-state index in [9.17, 15) is 4.79 Å². The van der Waals surface area contributed by atoms with Gasteiger partial charge in [0.15, 0.2) is 11.3 Å². The van der Waals surface area contributed by atoms with Crippen LogP contribution in [0.1, 0.15) is 6.42 Å². The molecule has 0 atom stereocenters. The number of fused-ring (bicyclic) bond motifs is 1. The van der Waals surface area contributed by atoms with Gasteiger partial charge in [0.05, 0.1) is 35.1 Å². The second-order valence-electron chi connectivity index (χ2n) is 6.56. The van der Waals surface area contributed by atoms with Gasteiger partial charge in [-0.25, -0.2) is 4.79 Å². The van der Waals surface area contributed by atoms with Crippen LogP contribution < -0.4 is 20.4 Å². The summed E-state index contributed by atoms with van der Waals surface area (Å²) in [7, 11) is 5.51. The van der Waals surface area contributed by atoms with E-state index in [1.54, 1.807) is 12.1 Å². The number of halogens is 2. The standard InChI is InChI=1S/C20H21Cl2N3O4/c1-25(2)7-4-8-28-20-16(27-3)6-5-12-15(9-17(26)29-19(12)20)24-18-13(21)10-23-11-14(18)22/h5-6,9-11H,4,7-8H2,1-3H3,(H,23,24). The molecule has 0 spiro atoms. The van der Waals surface area contributed by atoms with E-state index in [-0.39, 0.29) is 5.58 Å². The maximum Gasteiger partial charge on any atom is 0.338 e. The van der Waals surface area contributed by atoms with Crippen LogP contribution in [0.2, 0.25) is 10.0 Å². The van der Waals surface area contributed by atoms with Crippen molar-refractivity contribution in [1.29, 1.82) is 0 Å². The lowest BCUT2D eigenvalue weighted by Crippen LogP contribution is -2.15. The second kappa shape index (κ2) is 9.35. The fourth-order valence-electron chi connectivity index (χ4n) is 2.80. The molecule has 3 rings (SSSR count). The Morgan fingerprint density at radius 2 is 1.93 bits per heavy atom. The van der Waals surface area contributed by atoms with Crippen LogP contribution in [-0.2, 0) is 0 Å². The molecule has 3 aromatic rings. The third-order valence-corrected chi connectivity index (χ3v) is 4.73. The van der Waals surface area contributed by atoms with E-state index in [0.29, 0.717) is 44.9 Å². The highest BCUT2D eigenvalue weighted by molar-refractivity contribution is 6.39. The molecule has 0 amide bonds. The van der Waals surface area contributed by atoms with E-state index >= 15 is 0 Å². The zero-order chi connectivity index (χ0) is 21.0. The van der Waals surface area contributed by atoms with Gasteiger partial charge in [0.2, 0.25) is 5.75 Å². The Morgan fingerprint density at radius 3 is 2.59 bits per heavy atom. The molecular formula is C20H21Cl2N3O4. The molecule has 0 aliphatic carbocycles. The Kier molecular flexibility index (Phi) is 6.84. The number of aromatic nitrogens is 1. The Labute approximate surface area is 178 Å². The van der Waals surface area contributed by atoms with Crippen molar-refractivity contribution in [2.75, 3.05) is 39.7 Å². The van der Waals surface area contributed by atoms with Gasteiger partial charge in [-0.3, -0.25) is 4.98 Å². The van der Waals surface area contributed by atoms with Crippen LogP contribution in [0.3, 0.4) is 0 Å². The van der Waals surface area contributed by atoms with Crippen molar-refractivity contribution in [3.63, 3.8) is 0 Å².